The molecule has 0 fully saturated rings. The maximum Gasteiger partial charge on any atom is 0.137 e. The molecule has 0 saturated carbocycles. The van der Waals surface area contributed by atoms with E-state index in [-0.39, 0.29) is 0 Å². The lowest BCUT2D eigenvalue weighted by atomic mass is 9.99. The number of fused-ring (bicyclic) bond motifs is 3. The molecule has 46 heavy (non-hydrogen) atoms. The lowest BCUT2D eigenvalue weighted by Gasteiger charge is -2.19. The molecule has 7 heteroatoms. The van der Waals surface area contributed by atoms with Gasteiger partial charge in [0.25, 0.3) is 0 Å². The molecule has 7 rings (SSSR count). The van der Waals surface area contributed by atoms with Crippen LogP contribution in [0.5, 0.6) is 23.0 Å². The van der Waals surface area contributed by atoms with Crippen LogP contribution in [0, 0.1) is 20.8 Å². The molecule has 0 N–H and O–H groups in total. The first-order chi connectivity index (χ1) is 22.4. The summed E-state index contributed by atoms with van der Waals surface area (Å²) >= 11 is 0. The smallest absolute Gasteiger partial charge is 0.137 e. The Morgan fingerprint density at radius 2 is 1.43 bits per heavy atom. The van der Waals surface area contributed by atoms with E-state index >= 15 is 0 Å². The highest BCUT2D eigenvalue weighted by molar-refractivity contribution is 6.09. The molecule has 0 radical (unpaired) electrons. The summed E-state index contributed by atoms with van der Waals surface area (Å²) in [5.41, 5.74) is 8.15. The van der Waals surface area contributed by atoms with Gasteiger partial charge in [0, 0.05) is 40.9 Å². The van der Waals surface area contributed by atoms with Crippen LogP contribution < -0.4 is 14.2 Å². The zero-order valence-electron chi connectivity index (χ0n) is 26.7. The Morgan fingerprint density at radius 3 is 2.20 bits per heavy atom. The lowest BCUT2D eigenvalue weighted by molar-refractivity contribution is 0.323. The van der Waals surface area contributed by atoms with Crippen LogP contribution in [0.1, 0.15) is 30.5 Å². The van der Waals surface area contributed by atoms with Crippen molar-refractivity contribution in [2.75, 3.05) is 13.2 Å². The Balaban J connectivity index is 1.25. The van der Waals surface area contributed by atoms with Crippen LogP contribution in [0.25, 0.3) is 44.4 Å². The van der Waals surface area contributed by atoms with Crippen molar-refractivity contribution in [1.82, 2.24) is 19.3 Å². The van der Waals surface area contributed by atoms with E-state index in [1.54, 1.807) is 0 Å². The van der Waals surface area contributed by atoms with Crippen LogP contribution in [0.3, 0.4) is 0 Å². The number of hydrogen-bond acceptors (Lipinski definition) is 5. The normalized spacial score (nSPS) is 11.3. The molecule has 7 aromatic rings. The Bertz CT molecular complexity index is 2180. The summed E-state index contributed by atoms with van der Waals surface area (Å²) in [6.07, 6.45) is 5.73. The Morgan fingerprint density at radius 1 is 0.696 bits per heavy atom. The van der Waals surface area contributed by atoms with Gasteiger partial charge >= 0.3 is 0 Å². The molecular weight excluding hydrogens is 572 g/mol. The van der Waals surface area contributed by atoms with Crippen LogP contribution in [0.15, 0.2) is 104 Å². The quantitative estimate of drug-likeness (QED) is 0.163. The van der Waals surface area contributed by atoms with E-state index in [4.69, 9.17) is 24.3 Å². The maximum absolute atomic E-state index is 6.47. The first-order valence-corrected chi connectivity index (χ1v) is 15.6. The van der Waals surface area contributed by atoms with Crippen LogP contribution in [-0.4, -0.2) is 32.5 Å². The predicted octanol–water partition coefficient (Wildman–Crippen LogP) is 9.55. The Labute approximate surface area is 268 Å². The Hall–Kier alpha value is -5.56. The molecule has 7 nitrogen and oxygen atoms in total. The number of ether oxygens (including phenoxy) is 3. The van der Waals surface area contributed by atoms with E-state index in [0.717, 1.165) is 73.0 Å². The molecule has 3 aromatic heterocycles. The number of pyridine rings is 1. The average Bonchev–Trinajstić information content (AvgIpc) is 3.67. The highest BCUT2D eigenvalue weighted by Gasteiger charge is 2.21. The molecule has 230 valence electrons. The van der Waals surface area contributed by atoms with Gasteiger partial charge in [-0.25, -0.2) is 9.67 Å². The van der Waals surface area contributed by atoms with Gasteiger partial charge in [-0.05, 0) is 99.8 Å². The van der Waals surface area contributed by atoms with Crippen molar-refractivity contribution in [3.63, 3.8) is 0 Å². The predicted molar refractivity (Wildman–Crippen MR) is 184 cm³/mol. The largest absolute Gasteiger partial charge is 0.493 e. The standard InChI is InChI=1S/C39H36N4O3/c1-6-44-38-26(4)20-27(5)39(45-7-2)37(38)28-23-41-42(24-28)29-11-10-12-30(21-29)46-31-15-16-33-32-13-8-9-14-34(32)43(35(33)22-31)36-19-25(3)17-18-40-36/h8-24H,6-7H2,1-5H3. The molecule has 3 heterocycles. The van der Waals surface area contributed by atoms with Crippen molar-refractivity contribution in [1.29, 1.82) is 0 Å². The molecule has 0 amide bonds. The van der Waals surface area contributed by atoms with E-state index in [9.17, 15) is 0 Å². The minimum Gasteiger partial charge on any atom is -0.493 e. The van der Waals surface area contributed by atoms with Gasteiger partial charge in [0.15, 0.2) is 0 Å². The van der Waals surface area contributed by atoms with Crippen molar-refractivity contribution in [3.8, 4) is 45.6 Å². The van der Waals surface area contributed by atoms with Crippen molar-refractivity contribution in [2.45, 2.75) is 34.6 Å². The summed E-state index contributed by atoms with van der Waals surface area (Å²) in [5.74, 6) is 3.97. The van der Waals surface area contributed by atoms with Crippen LogP contribution in [0.2, 0.25) is 0 Å². The van der Waals surface area contributed by atoms with E-state index < -0.39 is 0 Å². The third-order valence-electron chi connectivity index (χ3n) is 8.15. The van der Waals surface area contributed by atoms with Gasteiger partial charge < -0.3 is 14.2 Å². The van der Waals surface area contributed by atoms with Gasteiger partial charge in [-0.2, -0.15) is 5.10 Å². The molecule has 0 spiro atoms. The summed E-state index contributed by atoms with van der Waals surface area (Å²) in [7, 11) is 0. The summed E-state index contributed by atoms with van der Waals surface area (Å²) in [6, 6.07) is 28.8. The van der Waals surface area contributed by atoms with Crippen molar-refractivity contribution in [2.24, 2.45) is 0 Å². The highest BCUT2D eigenvalue weighted by atomic mass is 16.5. The summed E-state index contributed by atoms with van der Waals surface area (Å²) in [5, 5.41) is 7.05. The molecule has 0 aliphatic rings. The molecule has 0 saturated heterocycles. The summed E-state index contributed by atoms with van der Waals surface area (Å²) in [6.45, 7) is 11.3. The average molecular weight is 609 g/mol. The SMILES string of the molecule is CCOc1c(C)cc(C)c(OCC)c1-c1cnn(-c2cccc(Oc3ccc4c5ccccc5n(-c5cc(C)ccn5)c4c3)c2)c1. The fourth-order valence-corrected chi connectivity index (χ4v) is 6.20. The second kappa shape index (κ2) is 12.1. The van der Waals surface area contributed by atoms with Gasteiger partial charge in [0.1, 0.15) is 28.8 Å². The molecule has 0 aliphatic heterocycles. The Kier molecular flexibility index (Phi) is 7.66. The molecule has 0 unspecified atom stereocenters. The van der Waals surface area contributed by atoms with Gasteiger partial charge in [-0.1, -0.05) is 24.3 Å². The summed E-state index contributed by atoms with van der Waals surface area (Å²) in [4.78, 5) is 4.70. The number of aromatic nitrogens is 4. The second-order valence-corrected chi connectivity index (χ2v) is 11.4. The maximum atomic E-state index is 6.47. The molecule has 0 atom stereocenters. The number of aryl methyl sites for hydroxylation is 3. The zero-order valence-corrected chi connectivity index (χ0v) is 26.7. The zero-order chi connectivity index (χ0) is 31.8. The van der Waals surface area contributed by atoms with E-state index in [2.05, 4.69) is 73.9 Å². The minimum absolute atomic E-state index is 0.560. The van der Waals surface area contributed by atoms with Gasteiger partial charge in [0.2, 0.25) is 0 Å². The minimum atomic E-state index is 0.560. The van der Waals surface area contributed by atoms with E-state index in [1.807, 2.05) is 73.5 Å². The number of hydrogen-bond donors (Lipinski definition) is 0. The number of nitrogens with zero attached hydrogens (tertiary/aromatic N) is 4. The molecule has 0 aliphatic carbocycles. The fraction of sp³-hybridized carbons (Fsp3) is 0.179. The lowest BCUT2D eigenvalue weighted by Crippen LogP contribution is -2.03. The van der Waals surface area contributed by atoms with Crippen LogP contribution >= 0.6 is 0 Å². The summed E-state index contributed by atoms with van der Waals surface area (Å²) < 4.78 is 22.8. The van der Waals surface area contributed by atoms with Crippen molar-refractivity contribution in [3.05, 3.63) is 120 Å². The molecule has 4 aromatic carbocycles. The second-order valence-electron chi connectivity index (χ2n) is 11.4. The van der Waals surface area contributed by atoms with Gasteiger partial charge in [0.05, 0.1) is 41.7 Å². The van der Waals surface area contributed by atoms with Crippen LogP contribution in [0.4, 0.5) is 0 Å². The molecule has 0 bridgehead atoms. The van der Waals surface area contributed by atoms with Crippen molar-refractivity contribution < 1.29 is 14.2 Å². The monoisotopic (exact) mass is 608 g/mol. The van der Waals surface area contributed by atoms with Gasteiger partial charge in [-0.15, -0.1) is 0 Å². The van der Waals surface area contributed by atoms with E-state index in [0.29, 0.717) is 19.0 Å². The number of para-hydroxylation sites is 1. The van der Waals surface area contributed by atoms with Gasteiger partial charge in [-0.3, -0.25) is 4.57 Å². The molecular formula is C39H36N4O3. The van der Waals surface area contributed by atoms with Crippen molar-refractivity contribution >= 4 is 21.8 Å². The van der Waals surface area contributed by atoms with E-state index in [1.165, 1.54) is 5.39 Å². The third kappa shape index (κ3) is 5.24. The van der Waals surface area contributed by atoms with Crippen LogP contribution in [-0.2, 0) is 0 Å². The number of benzene rings is 4. The third-order valence-corrected chi connectivity index (χ3v) is 8.15. The first-order valence-electron chi connectivity index (χ1n) is 15.6. The number of rotatable bonds is 9. The fourth-order valence-electron chi connectivity index (χ4n) is 6.20. The first kappa shape index (κ1) is 29.2. The topological polar surface area (TPSA) is 63.3 Å². The highest BCUT2D eigenvalue weighted by Crippen LogP contribution is 2.43.